The van der Waals surface area contributed by atoms with Gasteiger partial charge in [-0.1, -0.05) is 23.9 Å². The van der Waals surface area contributed by atoms with E-state index in [4.69, 9.17) is 4.74 Å². The number of hydrogen-bond acceptors (Lipinski definition) is 9. The van der Waals surface area contributed by atoms with Gasteiger partial charge >= 0.3 is 5.97 Å². The SMILES string of the molecule is CCOC(=O)Cc1csc(NC(=O)CSc2nnc(-c3cccc(N(C)C)c3)n2CC)n1. The van der Waals surface area contributed by atoms with Gasteiger partial charge in [0, 0.05) is 37.3 Å². The molecule has 3 aromatic rings. The fourth-order valence-corrected chi connectivity index (χ4v) is 4.44. The number of aromatic nitrogens is 4. The molecule has 1 N–H and O–H groups in total. The van der Waals surface area contributed by atoms with Crippen LogP contribution in [0.1, 0.15) is 19.5 Å². The van der Waals surface area contributed by atoms with Crippen molar-refractivity contribution in [2.75, 3.05) is 36.7 Å². The van der Waals surface area contributed by atoms with Gasteiger partial charge in [-0.15, -0.1) is 21.5 Å². The molecule has 0 aliphatic heterocycles. The van der Waals surface area contributed by atoms with Crippen LogP contribution in [0.2, 0.25) is 0 Å². The minimum Gasteiger partial charge on any atom is -0.466 e. The number of thioether (sulfide) groups is 1. The molecule has 2 aromatic heterocycles. The molecule has 0 fully saturated rings. The van der Waals surface area contributed by atoms with E-state index in [-0.39, 0.29) is 24.1 Å². The molecule has 9 nitrogen and oxygen atoms in total. The van der Waals surface area contributed by atoms with E-state index < -0.39 is 0 Å². The van der Waals surface area contributed by atoms with Crippen LogP contribution in [0.4, 0.5) is 10.8 Å². The van der Waals surface area contributed by atoms with Gasteiger partial charge in [-0.3, -0.25) is 9.59 Å². The number of esters is 1. The highest BCUT2D eigenvalue weighted by Gasteiger charge is 2.16. The molecule has 1 aromatic carbocycles. The monoisotopic (exact) mass is 474 g/mol. The largest absolute Gasteiger partial charge is 0.466 e. The Bertz CT molecular complexity index is 1080. The van der Waals surface area contributed by atoms with E-state index in [0.717, 1.165) is 17.1 Å². The number of carbonyl (C=O) groups excluding carboxylic acids is 2. The van der Waals surface area contributed by atoms with E-state index >= 15 is 0 Å². The first kappa shape index (κ1) is 23.7. The van der Waals surface area contributed by atoms with Gasteiger partial charge in [0.25, 0.3) is 0 Å². The van der Waals surface area contributed by atoms with Crippen LogP contribution in [0.15, 0.2) is 34.8 Å². The smallest absolute Gasteiger partial charge is 0.311 e. The third kappa shape index (κ3) is 6.07. The molecular formula is C21H26N6O3S2. The average Bonchev–Trinajstić information content (AvgIpc) is 3.38. The van der Waals surface area contributed by atoms with Gasteiger partial charge in [-0.05, 0) is 26.0 Å². The molecule has 0 bridgehead atoms. The molecule has 0 aliphatic rings. The van der Waals surface area contributed by atoms with Crippen molar-refractivity contribution in [3.05, 3.63) is 35.3 Å². The van der Waals surface area contributed by atoms with Crippen molar-refractivity contribution < 1.29 is 14.3 Å². The first-order valence-electron chi connectivity index (χ1n) is 10.1. The summed E-state index contributed by atoms with van der Waals surface area (Å²) in [6.45, 7) is 4.79. The Morgan fingerprint density at radius 2 is 2.06 bits per heavy atom. The summed E-state index contributed by atoms with van der Waals surface area (Å²) in [4.78, 5) is 30.3. The number of carbonyl (C=O) groups is 2. The van der Waals surface area contributed by atoms with Gasteiger partial charge in [0.1, 0.15) is 0 Å². The summed E-state index contributed by atoms with van der Waals surface area (Å²) < 4.78 is 6.91. The maximum atomic E-state index is 12.4. The Morgan fingerprint density at radius 3 is 2.78 bits per heavy atom. The zero-order chi connectivity index (χ0) is 23.1. The Hall–Kier alpha value is -2.92. The maximum Gasteiger partial charge on any atom is 0.311 e. The summed E-state index contributed by atoms with van der Waals surface area (Å²) in [5.41, 5.74) is 2.62. The molecule has 0 saturated heterocycles. The lowest BCUT2D eigenvalue weighted by Crippen LogP contribution is -2.15. The molecule has 0 unspecified atom stereocenters. The molecule has 0 radical (unpaired) electrons. The summed E-state index contributed by atoms with van der Waals surface area (Å²) in [6, 6.07) is 8.09. The maximum absolute atomic E-state index is 12.4. The highest BCUT2D eigenvalue weighted by atomic mass is 32.2. The van der Waals surface area contributed by atoms with Crippen LogP contribution in [0.3, 0.4) is 0 Å². The van der Waals surface area contributed by atoms with Gasteiger partial charge in [0.15, 0.2) is 16.1 Å². The molecule has 0 saturated carbocycles. The summed E-state index contributed by atoms with van der Waals surface area (Å²) >= 11 is 2.59. The van der Waals surface area contributed by atoms with Gasteiger partial charge < -0.3 is 19.5 Å². The Labute approximate surface area is 195 Å². The molecule has 2 heterocycles. The number of nitrogens with zero attached hydrogens (tertiary/aromatic N) is 5. The number of anilines is 2. The lowest BCUT2D eigenvalue weighted by molar-refractivity contribution is -0.142. The molecule has 1 amide bonds. The van der Waals surface area contributed by atoms with Crippen molar-refractivity contribution in [3.63, 3.8) is 0 Å². The van der Waals surface area contributed by atoms with Crippen molar-refractivity contribution in [3.8, 4) is 11.4 Å². The number of ether oxygens (including phenoxy) is 1. The molecule has 0 aliphatic carbocycles. The highest BCUT2D eigenvalue weighted by molar-refractivity contribution is 7.99. The van der Waals surface area contributed by atoms with Crippen molar-refractivity contribution in [1.29, 1.82) is 0 Å². The standard InChI is InChI=1S/C21H26N6O3S2/c1-5-27-19(14-8-7-9-16(10-14)26(3)4)24-25-21(27)32-13-17(28)23-20-22-15(12-31-20)11-18(29)30-6-2/h7-10,12H,5-6,11,13H2,1-4H3,(H,22,23,28). The van der Waals surface area contributed by atoms with E-state index in [1.165, 1.54) is 23.1 Å². The zero-order valence-electron chi connectivity index (χ0n) is 18.5. The van der Waals surface area contributed by atoms with Crippen molar-refractivity contribution >= 4 is 45.8 Å². The second-order valence-electron chi connectivity index (χ2n) is 6.96. The van der Waals surface area contributed by atoms with Crippen molar-refractivity contribution in [2.24, 2.45) is 0 Å². The van der Waals surface area contributed by atoms with Crippen LogP contribution >= 0.6 is 23.1 Å². The van der Waals surface area contributed by atoms with E-state index in [1.807, 2.05) is 48.7 Å². The third-order valence-corrected chi connectivity index (χ3v) is 6.19. The fraction of sp³-hybridized carbons (Fsp3) is 0.381. The summed E-state index contributed by atoms with van der Waals surface area (Å²) in [5.74, 6) is 0.399. The van der Waals surface area contributed by atoms with Crippen LogP contribution in [0.5, 0.6) is 0 Å². The molecule has 32 heavy (non-hydrogen) atoms. The van der Waals surface area contributed by atoms with Crippen LogP contribution in [0, 0.1) is 0 Å². The van der Waals surface area contributed by atoms with Crippen molar-refractivity contribution in [2.45, 2.75) is 32.0 Å². The van der Waals surface area contributed by atoms with Gasteiger partial charge in [-0.25, -0.2) is 4.98 Å². The van der Waals surface area contributed by atoms with Gasteiger partial charge in [0.2, 0.25) is 5.91 Å². The Balaban J connectivity index is 1.61. The average molecular weight is 475 g/mol. The normalized spacial score (nSPS) is 10.8. The highest BCUT2D eigenvalue weighted by Crippen LogP contribution is 2.27. The molecule has 170 valence electrons. The number of hydrogen-bond donors (Lipinski definition) is 1. The Morgan fingerprint density at radius 1 is 1.25 bits per heavy atom. The number of thiazole rings is 1. The predicted octanol–water partition coefficient (Wildman–Crippen LogP) is 3.32. The molecule has 0 spiro atoms. The topological polar surface area (TPSA) is 102 Å². The molecule has 0 atom stereocenters. The first-order chi connectivity index (χ1) is 15.4. The quantitative estimate of drug-likeness (QED) is 0.353. The minimum atomic E-state index is -0.336. The number of nitrogens with one attached hydrogen (secondary N) is 1. The lowest BCUT2D eigenvalue weighted by atomic mass is 10.2. The minimum absolute atomic E-state index is 0.0896. The van der Waals surface area contributed by atoms with E-state index in [1.54, 1.807) is 12.3 Å². The van der Waals surface area contributed by atoms with Gasteiger partial charge in [0.05, 0.1) is 24.5 Å². The molecule has 3 rings (SSSR count). The van der Waals surface area contributed by atoms with E-state index in [2.05, 4.69) is 26.6 Å². The van der Waals surface area contributed by atoms with Crippen LogP contribution < -0.4 is 10.2 Å². The first-order valence-corrected chi connectivity index (χ1v) is 12.0. The third-order valence-electron chi connectivity index (χ3n) is 4.42. The zero-order valence-corrected chi connectivity index (χ0v) is 20.1. The van der Waals surface area contributed by atoms with Crippen molar-refractivity contribution in [1.82, 2.24) is 19.7 Å². The number of amides is 1. The number of benzene rings is 1. The molecule has 11 heteroatoms. The predicted molar refractivity (Wildman–Crippen MR) is 127 cm³/mol. The summed E-state index contributed by atoms with van der Waals surface area (Å²) in [5, 5.41) is 14.3. The second kappa shape index (κ2) is 11.1. The summed E-state index contributed by atoms with van der Waals surface area (Å²) in [7, 11) is 3.98. The summed E-state index contributed by atoms with van der Waals surface area (Å²) in [6.07, 6.45) is 0.0896. The van der Waals surface area contributed by atoms with Gasteiger partial charge in [-0.2, -0.15) is 0 Å². The van der Waals surface area contributed by atoms with Crippen LogP contribution in [0.25, 0.3) is 11.4 Å². The van der Waals surface area contributed by atoms with Crippen LogP contribution in [-0.2, 0) is 27.3 Å². The van der Waals surface area contributed by atoms with E-state index in [9.17, 15) is 9.59 Å². The van der Waals surface area contributed by atoms with Crippen LogP contribution in [-0.4, -0.2) is 58.1 Å². The fourth-order valence-electron chi connectivity index (χ4n) is 2.91. The lowest BCUT2D eigenvalue weighted by Gasteiger charge is -2.14. The van der Waals surface area contributed by atoms with E-state index in [0.29, 0.717) is 29.1 Å². The molecular weight excluding hydrogens is 448 g/mol. The Kier molecular flexibility index (Phi) is 8.23. The number of rotatable bonds is 10. The second-order valence-corrected chi connectivity index (χ2v) is 8.76.